The zero-order valence-electron chi connectivity index (χ0n) is 12.8. The summed E-state index contributed by atoms with van der Waals surface area (Å²) in [5.74, 6) is -0.565. The number of amides is 2. The molecule has 4 N–H and O–H groups in total. The zero-order valence-corrected chi connectivity index (χ0v) is 12.8. The number of carbonyl (C=O) groups is 2. The second kappa shape index (κ2) is 7.04. The van der Waals surface area contributed by atoms with Crippen LogP contribution in [-0.2, 0) is 9.59 Å². The maximum absolute atomic E-state index is 12.0. The van der Waals surface area contributed by atoms with Crippen molar-refractivity contribution in [2.75, 3.05) is 11.9 Å². The fourth-order valence-corrected chi connectivity index (χ4v) is 2.12. The summed E-state index contributed by atoms with van der Waals surface area (Å²) in [7, 11) is 0. The molecule has 0 saturated carbocycles. The smallest absolute Gasteiger partial charge is 0.243 e. The van der Waals surface area contributed by atoms with E-state index in [0.717, 1.165) is 16.5 Å². The van der Waals surface area contributed by atoms with E-state index in [4.69, 9.17) is 5.73 Å². The lowest BCUT2D eigenvalue weighted by Gasteiger charge is -2.15. The predicted octanol–water partition coefficient (Wildman–Crippen LogP) is 1.88. The molecule has 22 heavy (non-hydrogen) atoms. The molecule has 5 heteroatoms. The SMILES string of the molecule is CC(C)[C@H](N)C(=O)NCC(=O)Nc1cccc2ccccc12. The van der Waals surface area contributed by atoms with E-state index in [1.165, 1.54) is 0 Å². The second-order valence-corrected chi connectivity index (χ2v) is 5.56. The van der Waals surface area contributed by atoms with Crippen molar-refractivity contribution in [1.29, 1.82) is 0 Å². The number of fused-ring (bicyclic) bond motifs is 1. The fourth-order valence-electron chi connectivity index (χ4n) is 2.12. The molecular formula is C17H21N3O2. The van der Waals surface area contributed by atoms with Crippen LogP contribution in [0.5, 0.6) is 0 Å². The lowest BCUT2D eigenvalue weighted by Crippen LogP contribution is -2.46. The highest BCUT2D eigenvalue weighted by Crippen LogP contribution is 2.22. The normalized spacial score (nSPS) is 12.2. The Balaban J connectivity index is 1.98. The summed E-state index contributed by atoms with van der Waals surface area (Å²) in [6, 6.07) is 12.9. The van der Waals surface area contributed by atoms with Gasteiger partial charge in [-0.2, -0.15) is 0 Å². The van der Waals surface area contributed by atoms with Gasteiger partial charge in [-0.15, -0.1) is 0 Å². The quantitative estimate of drug-likeness (QED) is 0.788. The van der Waals surface area contributed by atoms with Gasteiger partial charge in [-0.1, -0.05) is 50.2 Å². The van der Waals surface area contributed by atoms with Gasteiger partial charge in [0.05, 0.1) is 12.6 Å². The number of anilines is 1. The van der Waals surface area contributed by atoms with Gasteiger partial charge in [-0.05, 0) is 17.4 Å². The van der Waals surface area contributed by atoms with Gasteiger partial charge in [0.2, 0.25) is 11.8 Å². The van der Waals surface area contributed by atoms with E-state index in [2.05, 4.69) is 10.6 Å². The molecule has 2 aromatic carbocycles. The van der Waals surface area contributed by atoms with Gasteiger partial charge < -0.3 is 16.4 Å². The molecule has 0 radical (unpaired) electrons. The monoisotopic (exact) mass is 299 g/mol. The van der Waals surface area contributed by atoms with Gasteiger partial charge in [-0.3, -0.25) is 9.59 Å². The third kappa shape index (κ3) is 3.83. The molecule has 0 aliphatic heterocycles. The van der Waals surface area contributed by atoms with Gasteiger partial charge in [-0.25, -0.2) is 0 Å². The maximum atomic E-state index is 12.0. The molecule has 5 nitrogen and oxygen atoms in total. The summed E-state index contributed by atoms with van der Waals surface area (Å²) >= 11 is 0. The van der Waals surface area contributed by atoms with Gasteiger partial charge in [0.1, 0.15) is 0 Å². The van der Waals surface area contributed by atoms with Crippen LogP contribution in [0.1, 0.15) is 13.8 Å². The Bertz CT molecular complexity index is 677. The first-order valence-electron chi connectivity index (χ1n) is 7.30. The number of rotatable bonds is 5. The predicted molar refractivity (Wildman–Crippen MR) is 88.4 cm³/mol. The van der Waals surface area contributed by atoms with Crippen LogP contribution >= 0.6 is 0 Å². The third-order valence-corrected chi connectivity index (χ3v) is 3.51. The Labute approximate surface area is 129 Å². The molecule has 116 valence electrons. The van der Waals surface area contributed by atoms with Crippen LogP contribution in [0.2, 0.25) is 0 Å². The Kier molecular flexibility index (Phi) is 5.12. The van der Waals surface area contributed by atoms with Gasteiger partial charge >= 0.3 is 0 Å². The molecule has 0 bridgehead atoms. The lowest BCUT2D eigenvalue weighted by atomic mass is 10.1. The van der Waals surface area contributed by atoms with Crippen LogP contribution in [0.4, 0.5) is 5.69 Å². The largest absolute Gasteiger partial charge is 0.346 e. The summed E-state index contributed by atoms with van der Waals surface area (Å²) in [6.45, 7) is 3.63. The Morgan fingerprint density at radius 3 is 2.50 bits per heavy atom. The number of benzene rings is 2. The number of nitrogens with one attached hydrogen (secondary N) is 2. The third-order valence-electron chi connectivity index (χ3n) is 3.51. The fraction of sp³-hybridized carbons (Fsp3) is 0.294. The minimum Gasteiger partial charge on any atom is -0.346 e. The van der Waals surface area contributed by atoms with Crippen molar-refractivity contribution in [3.05, 3.63) is 42.5 Å². The molecule has 0 saturated heterocycles. The number of hydrogen-bond donors (Lipinski definition) is 3. The highest BCUT2D eigenvalue weighted by molar-refractivity contribution is 6.03. The molecule has 0 spiro atoms. The van der Waals surface area contributed by atoms with Crippen molar-refractivity contribution in [1.82, 2.24) is 5.32 Å². The summed E-state index contributed by atoms with van der Waals surface area (Å²) in [5, 5.41) is 7.38. The lowest BCUT2D eigenvalue weighted by molar-refractivity contribution is -0.125. The van der Waals surface area contributed by atoms with Crippen molar-refractivity contribution >= 4 is 28.3 Å². The molecule has 0 heterocycles. The minimum atomic E-state index is -0.606. The first kappa shape index (κ1) is 16.0. The number of hydrogen-bond acceptors (Lipinski definition) is 3. The summed E-state index contributed by atoms with van der Waals surface area (Å²) in [5.41, 5.74) is 6.46. The highest BCUT2D eigenvalue weighted by Gasteiger charge is 2.17. The van der Waals surface area contributed by atoms with Crippen LogP contribution in [-0.4, -0.2) is 24.4 Å². The van der Waals surface area contributed by atoms with Crippen LogP contribution in [0.25, 0.3) is 10.8 Å². The first-order chi connectivity index (χ1) is 10.5. The van der Waals surface area contributed by atoms with E-state index in [9.17, 15) is 9.59 Å². The molecule has 2 amide bonds. The van der Waals surface area contributed by atoms with Crippen molar-refractivity contribution in [3.8, 4) is 0 Å². The van der Waals surface area contributed by atoms with Crippen molar-refractivity contribution in [3.63, 3.8) is 0 Å². The summed E-state index contributed by atoms with van der Waals surface area (Å²) < 4.78 is 0. The number of carbonyl (C=O) groups excluding carboxylic acids is 2. The molecule has 2 aromatic rings. The average Bonchev–Trinajstić information content (AvgIpc) is 2.52. The molecular weight excluding hydrogens is 278 g/mol. The molecule has 0 aromatic heterocycles. The molecule has 1 atom stereocenters. The Morgan fingerprint density at radius 2 is 1.77 bits per heavy atom. The molecule has 0 unspecified atom stereocenters. The highest BCUT2D eigenvalue weighted by atomic mass is 16.2. The molecule has 0 aliphatic rings. The van der Waals surface area contributed by atoms with Crippen LogP contribution in [0, 0.1) is 5.92 Å². The van der Waals surface area contributed by atoms with Crippen LogP contribution < -0.4 is 16.4 Å². The standard InChI is InChI=1S/C17H21N3O2/c1-11(2)16(18)17(22)19-10-15(21)20-14-9-5-7-12-6-3-4-8-13(12)14/h3-9,11,16H,10,18H2,1-2H3,(H,19,22)(H,20,21)/t16-/m0/s1. The van der Waals surface area contributed by atoms with Crippen molar-refractivity contribution in [2.45, 2.75) is 19.9 Å². The van der Waals surface area contributed by atoms with Crippen LogP contribution in [0.3, 0.4) is 0 Å². The Morgan fingerprint density at radius 1 is 1.09 bits per heavy atom. The molecule has 0 fully saturated rings. The maximum Gasteiger partial charge on any atom is 0.243 e. The van der Waals surface area contributed by atoms with E-state index in [1.54, 1.807) is 0 Å². The minimum absolute atomic E-state index is 0.0288. The van der Waals surface area contributed by atoms with Gasteiger partial charge in [0, 0.05) is 11.1 Å². The van der Waals surface area contributed by atoms with Crippen LogP contribution in [0.15, 0.2) is 42.5 Å². The zero-order chi connectivity index (χ0) is 16.1. The first-order valence-corrected chi connectivity index (χ1v) is 7.30. The van der Waals surface area contributed by atoms with E-state index in [1.807, 2.05) is 56.3 Å². The van der Waals surface area contributed by atoms with Gasteiger partial charge in [0.25, 0.3) is 0 Å². The molecule has 2 rings (SSSR count). The Hall–Kier alpha value is -2.40. The summed E-state index contributed by atoms with van der Waals surface area (Å²) in [4.78, 5) is 23.7. The summed E-state index contributed by atoms with van der Waals surface area (Å²) in [6.07, 6.45) is 0. The topological polar surface area (TPSA) is 84.2 Å². The van der Waals surface area contributed by atoms with Crippen molar-refractivity contribution in [2.24, 2.45) is 11.7 Å². The van der Waals surface area contributed by atoms with Gasteiger partial charge in [0.15, 0.2) is 0 Å². The number of nitrogens with two attached hydrogens (primary N) is 1. The second-order valence-electron chi connectivity index (χ2n) is 5.56. The molecule has 0 aliphatic carbocycles. The van der Waals surface area contributed by atoms with E-state index in [-0.39, 0.29) is 24.3 Å². The average molecular weight is 299 g/mol. The van der Waals surface area contributed by atoms with E-state index >= 15 is 0 Å². The van der Waals surface area contributed by atoms with E-state index < -0.39 is 6.04 Å². The van der Waals surface area contributed by atoms with E-state index in [0.29, 0.717) is 0 Å². The van der Waals surface area contributed by atoms with Crippen molar-refractivity contribution < 1.29 is 9.59 Å².